The van der Waals surface area contributed by atoms with Crippen molar-refractivity contribution in [2.75, 3.05) is 26.7 Å². The van der Waals surface area contributed by atoms with Crippen molar-refractivity contribution in [1.82, 2.24) is 9.80 Å². The predicted octanol–water partition coefficient (Wildman–Crippen LogP) is 4.00. The second kappa shape index (κ2) is 7.77. The number of carbonyl (C=O) groups excluding carboxylic acids is 1. The summed E-state index contributed by atoms with van der Waals surface area (Å²) in [4.78, 5) is 18.0. The molecule has 5 nitrogen and oxygen atoms in total. The highest BCUT2D eigenvalue weighted by atomic mass is 16.5. The number of carbonyl (C=O) groups is 1. The fraction of sp³-hybridized carbons (Fsp3) is 0.625. The smallest absolute Gasteiger partial charge is 0.227 e. The van der Waals surface area contributed by atoms with Gasteiger partial charge in [0, 0.05) is 31.1 Å². The molecular formula is C24H32N2O3. The van der Waals surface area contributed by atoms with Crippen LogP contribution in [0.4, 0.5) is 0 Å². The normalized spacial score (nSPS) is 30.4. The van der Waals surface area contributed by atoms with Crippen LogP contribution in [0.5, 0.6) is 0 Å². The van der Waals surface area contributed by atoms with Gasteiger partial charge in [-0.2, -0.15) is 0 Å². The third-order valence-corrected chi connectivity index (χ3v) is 7.53. The van der Waals surface area contributed by atoms with Crippen LogP contribution in [0.3, 0.4) is 0 Å². The summed E-state index contributed by atoms with van der Waals surface area (Å²) in [6.45, 7) is 3.22. The highest BCUT2D eigenvalue weighted by Gasteiger charge is 2.47. The van der Waals surface area contributed by atoms with Crippen molar-refractivity contribution in [2.24, 2.45) is 0 Å². The molecular weight excluding hydrogens is 364 g/mol. The van der Waals surface area contributed by atoms with Gasteiger partial charge in [-0.3, -0.25) is 9.69 Å². The number of hydrogen-bond donors (Lipinski definition) is 0. The molecule has 3 atom stereocenters. The van der Waals surface area contributed by atoms with Gasteiger partial charge in [-0.15, -0.1) is 0 Å². The third kappa shape index (κ3) is 3.59. The summed E-state index contributed by atoms with van der Waals surface area (Å²) in [5, 5.41) is 1.05. The average Bonchev–Trinajstić information content (AvgIpc) is 3.49. The number of rotatable bonds is 4. The third-order valence-electron chi connectivity index (χ3n) is 7.53. The lowest BCUT2D eigenvalue weighted by atomic mass is 9.76. The van der Waals surface area contributed by atoms with E-state index in [1.54, 1.807) is 6.26 Å². The van der Waals surface area contributed by atoms with Gasteiger partial charge in [-0.25, -0.2) is 0 Å². The van der Waals surface area contributed by atoms with E-state index in [4.69, 9.17) is 9.15 Å². The second-order valence-electron chi connectivity index (χ2n) is 9.19. The van der Waals surface area contributed by atoms with E-state index in [1.807, 2.05) is 36.2 Å². The van der Waals surface area contributed by atoms with Crippen LogP contribution in [0.1, 0.15) is 50.5 Å². The molecule has 5 heteroatoms. The highest BCUT2D eigenvalue weighted by Crippen LogP contribution is 2.43. The Labute approximate surface area is 173 Å². The number of fused-ring (bicyclic) bond motifs is 1. The van der Waals surface area contributed by atoms with E-state index < -0.39 is 0 Å². The van der Waals surface area contributed by atoms with Gasteiger partial charge in [0.25, 0.3) is 0 Å². The van der Waals surface area contributed by atoms with E-state index in [2.05, 4.69) is 4.90 Å². The Morgan fingerprint density at radius 2 is 2.07 bits per heavy atom. The van der Waals surface area contributed by atoms with E-state index in [9.17, 15) is 4.79 Å². The lowest BCUT2D eigenvalue weighted by Gasteiger charge is -2.48. The van der Waals surface area contributed by atoms with Crippen LogP contribution in [0.15, 0.2) is 34.9 Å². The zero-order valence-corrected chi connectivity index (χ0v) is 17.4. The molecule has 1 aromatic carbocycles. The van der Waals surface area contributed by atoms with Crippen molar-refractivity contribution < 1.29 is 13.9 Å². The van der Waals surface area contributed by atoms with Crippen LogP contribution >= 0.6 is 0 Å². The van der Waals surface area contributed by atoms with E-state index >= 15 is 0 Å². The summed E-state index contributed by atoms with van der Waals surface area (Å²) < 4.78 is 11.8. The summed E-state index contributed by atoms with van der Waals surface area (Å²) in [5.74, 6) is 0.205. The molecule has 29 heavy (non-hydrogen) atoms. The summed E-state index contributed by atoms with van der Waals surface area (Å²) >= 11 is 0. The first kappa shape index (κ1) is 19.1. The van der Waals surface area contributed by atoms with Gasteiger partial charge in [0.15, 0.2) is 0 Å². The number of hydrogen-bond acceptors (Lipinski definition) is 4. The Bertz CT molecular complexity index is 864. The molecule has 156 valence electrons. The molecule has 5 rings (SSSR count). The Morgan fingerprint density at radius 1 is 1.21 bits per heavy atom. The first-order chi connectivity index (χ1) is 14.2. The zero-order chi connectivity index (χ0) is 19.8. The maximum Gasteiger partial charge on any atom is 0.227 e. The monoisotopic (exact) mass is 396 g/mol. The van der Waals surface area contributed by atoms with E-state index in [1.165, 1.54) is 25.7 Å². The molecule has 1 aromatic heterocycles. The molecule has 0 radical (unpaired) electrons. The quantitative estimate of drug-likeness (QED) is 0.784. The fourth-order valence-corrected chi connectivity index (χ4v) is 5.92. The summed E-state index contributed by atoms with van der Waals surface area (Å²) in [5.41, 5.74) is 1.97. The molecule has 2 saturated heterocycles. The van der Waals surface area contributed by atoms with Gasteiger partial charge in [0.2, 0.25) is 5.91 Å². The van der Waals surface area contributed by atoms with Crippen LogP contribution in [0.25, 0.3) is 11.0 Å². The Hall–Kier alpha value is -1.85. The number of likely N-dealkylation sites (N-methyl/N-ethyl adjacent to an activating group) is 1. The van der Waals surface area contributed by atoms with Crippen molar-refractivity contribution in [1.29, 1.82) is 0 Å². The van der Waals surface area contributed by atoms with E-state index in [-0.39, 0.29) is 17.6 Å². The van der Waals surface area contributed by atoms with Crippen LogP contribution in [0, 0.1) is 0 Å². The minimum absolute atomic E-state index is 0.0655. The van der Waals surface area contributed by atoms with E-state index in [0.717, 1.165) is 55.5 Å². The molecule has 2 aliphatic heterocycles. The molecule has 3 aliphatic rings. The molecule has 1 saturated carbocycles. The standard InChI is InChI=1S/C24H32N2O3/c1-25(23(27)16-18-6-4-7-22-19(18)9-15-28-22)20-8-11-24(10-5-14-29-24)17-21(20)26-12-2-3-13-26/h4,6-7,9,15,20-21H,2-3,5,8,10-14,16-17H2,1H3/t20-,21-,24?/m0/s1. The van der Waals surface area contributed by atoms with E-state index in [0.29, 0.717) is 12.5 Å². The second-order valence-corrected chi connectivity index (χ2v) is 9.19. The van der Waals surface area contributed by atoms with Gasteiger partial charge in [0.1, 0.15) is 5.58 Å². The van der Waals surface area contributed by atoms with Crippen molar-refractivity contribution in [3.05, 3.63) is 36.1 Å². The van der Waals surface area contributed by atoms with Gasteiger partial charge < -0.3 is 14.1 Å². The molecule has 0 bridgehead atoms. The van der Waals surface area contributed by atoms with Crippen LogP contribution in [0.2, 0.25) is 0 Å². The SMILES string of the molecule is CN(C(=O)Cc1cccc2occc12)[C@H]1CCC2(CCCO2)C[C@@H]1N1CCCC1. The fourth-order valence-electron chi connectivity index (χ4n) is 5.92. The van der Waals surface area contributed by atoms with Gasteiger partial charge in [-0.1, -0.05) is 12.1 Å². The summed E-state index contributed by atoms with van der Waals surface area (Å²) in [7, 11) is 2.01. The summed E-state index contributed by atoms with van der Waals surface area (Å²) in [6, 6.07) is 8.64. The largest absolute Gasteiger partial charge is 0.464 e. The molecule has 1 spiro atoms. The first-order valence-corrected chi connectivity index (χ1v) is 11.2. The molecule has 1 amide bonds. The lowest BCUT2D eigenvalue weighted by Crippen LogP contribution is -2.58. The van der Waals surface area contributed by atoms with Gasteiger partial charge in [-0.05, 0) is 75.7 Å². The average molecular weight is 397 g/mol. The van der Waals surface area contributed by atoms with Crippen LogP contribution in [-0.4, -0.2) is 60.1 Å². The molecule has 1 aliphatic carbocycles. The molecule has 1 unspecified atom stereocenters. The van der Waals surface area contributed by atoms with Gasteiger partial charge in [0.05, 0.1) is 18.3 Å². The number of likely N-dealkylation sites (tertiary alicyclic amines) is 1. The van der Waals surface area contributed by atoms with Crippen molar-refractivity contribution >= 4 is 16.9 Å². The molecule has 3 fully saturated rings. The lowest BCUT2D eigenvalue weighted by molar-refractivity contribution is -0.136. The number of ether oxygens (including phenoxy) is 1. The van der Waals surface area contributed by atoms with Crippen molar-refractivity contribution in [2.45, 2.75) is 69.1 Å². The Kier molecular flexibility index (Phi) is 5.12. The Morgan fingerprint density at radius 3 is 2.86 bits per heavy atom. The minimum atomic E-state index is 0.0655. The topological polar surface area (TPSA) is 45.9 Å². The summed E-state index contributed by atoms with van der Waals surface area (Å²) in [6.07, 6.45) is 10.2. The van der Waals surface area contributed by atoms with Gasteiger partial charge >= 0.3 is 0 Å². The van der Waals surface area contributed by atoms with Crippen molar-refractivity contribution in [3.8, 4) is 0 Å². The minimum Gasteiger partial charge on any atom is -0.464 e. The number of furan rings is 1. The maximum atomic E-state index is 13.3. The first-order valence-electron chi connectivity index (χ1n) is 11.2. The highest BCUT2D eigenvalue weighted by molar-refractivity contribution is 5.87. The van der Waals surface area contributed by atoms with Crippen molar-refractivity contribution in [3.63, 3.8) is 0 Å². The zero-order valence-electron chi connectivity index (χ0n) is 17.4. The maximum absolute atomic E-state index is 13.3. The number of amides is 1. The number of benzene rings is 1. The predicted molar refractivity (Wildman–Crippen MR) is 113 cm³/mol. The Balaban J connectivity index is 1.34. The molecule has 3 heterocycles. The molecule has 0 N–H and O–H groups in total. The molecule has 2 aromatic rings. The van der Waals surface area contributed by atoms with Crippen LogP contribution in [-0.2, 0) is 16.0 Å². The van der Waals surface area contributed by atoms with Crippen LogP contribution < -0.4 is 0 Å². The number of nitrogens with zero attached hydrogens (tertiary/aromatic N) is 2.